The molecule has 0 fully saturated rings. The summed E-state index contributed by atoms with van der Waals surface area (Å²) in [6, 6.07) is 15.7. The number of aromatic nitrogens is 1. The van der Waals surface area contributed by atoms with Crippen LogP contribution in [-0.2, 0) is 22.6 Å². The molecule has 0 spiro atoms. The Labute approximate surface area is 157 Å². The van der Waals surface area contributed by atoms with E-state index in [0.29, 0.717) is 12.3 Å². The second-order valence-electron chi connectivity index (χ2n) is 6.45. The Hall–Kier alpha value is -3.28. The summed E-state index contributed by atoms with van der Waals surface area (Å²) in [6.45, 7) is 2.75. The predicted octanol–water partition coefficient (Wildman–Crippen LogP) is 2.88. The molecule has 3 rings (SSSR count). The van der Waals surface area contributed by atoms with E-state index in [4.69, 9.17) is 15.6 Å². The van der Waals surface area contributed by atoms with Crippen molar-refractivity contribution in [3.05, 3.63) is 65.4 Å². The Balaban J connectivity index is 2.01. The van der Waals surface area contributed by atoms with Crippen LogP contribution in [0.4, 0.5) is 0 Å². The van der Waals surface area contributed by atoms with Gasteiger partial charge in [0.2, 0.25) is 5.91 Å². The molecule has 0 atom stereocenters. The lowest BCUT2D eigenvalue weighted by molar-refractivity contribution is -0.137. The number of amides is 1. The van der Waals surface area contributed by atoms with Crippen LogP contribution in [0, 0.1) is 6.92 Å². The number of ether oxygens (including phenoxy) is 1. The van der Waals surface area contributed by atoms with Gasteiger partial charge >= 0.3 is 5.97 Å². The maximum absolute atomic E-state index is 11.6. The minimum Gasteiger partial charge on any atom is -0.493 e. The summed E-state index contributed by atoms with van der Waals surface area (Å²) in [5, 5.41) is 9.65. The molecule has 0 saturated heterocycles. The van der Waals surface area contributed by atoms with Crippen LogP contribution in [0.1, 0.15) is 23.2 Å². The van der Waals surface area contributed by atoms with Crippen molar-refractivity contribution in [2.24, 2.45) is 5.73 Å². The summed E-state index contributed by atoms with van der Waals surface area (Å²) in [5.74, 6) is -0.726. The quantitative estimate of drug-likeness (QED) is 0.641. The molecule has 3 N–H and O–H groups in total. The largest absolute Gasteiger partial charge is 0.493 e. The fourth-order valence-corrected chi connectivity index (χ4v) is 3.24. The van der Waals surface area contributed by atoms with Gasteiger partial charge in [0.25, 0.3) is 0 Å². The number of fused-ring (bicyclic) bond motifs is 1. The number of hydrogen-bond acceptors (Lipinski definition) is 3. The van der Waals surface area contributed by atoms with Crippen molar-refractivity contribution in [3.63, 3.8) is 0 Å². The number of carbonyl (C=O) groups is 2. The van der Waals surface area contributed by atoms with Gasteiger partial charge in [-0.3, -0.25) is 9.59 Å². The van der Waals surface area contributed by atoms with Gasteiger partial charge in [-0.2, -0.15) is 0 Å². The molecule has 140 valence electrons. The molecule has 1 amide bonds. The fourth-order valence-electron chi connectivity index (χ4n) is 3.24. The van der Waals surface area contributed by atoms with Gasteiger partial charge in [0.05, 0.1) is 19.4 Å². The molecular formula is C21H22N2O4. The van der Waals surface area contributed by atoms with Crippen molar-refractivity contribution in [1.82, 2.24) is 4.57 Å². The summed E-state index contributed by atoms with van der Waals surface area (Å²) in [4.78, 5) is 22.2. The number of nitrogens with two attached hydrogens (primary N) is 1. The lowest BCUT2D eigenvalue weighted by atomic mass is 10.1. The molecule has 0 bridgehead atoms. The van der Waals surface area contributed by atoms with Crippen LogP contribution < -0.4 is 10.5 Å². The number of hydrogen-bond donors (Lipinski definition) is 2. The third-order valence-corrected chi connectivity index (χ3v) is 4.54. The molecular weight excluding hydrogens is 344 g/mol. The summed E-state index contributed by atoms with van der Waals surface area (Å²) < 4.78 is 7.70. The van der Waals surface area contributed by atoms with Gasteiger partial charge in [-0.25, -0.2) is 0 Å². The molecule has 27 heavy (non-hydrogen) atoms. The maximum atomic E-state index is 11.6. The normalized spacial score (nSPS) is 10.9. The van der Waals surface area contributed by atoms with Crippen LogP contribution in [-0.4, -0.2) is 28.2 Å². The molecule has 2 aromatic carbocycles. The number of carbonyl (C=O) groups excluding carboxylic acids is 1. The highest BCUT2D eigenvalue weighted by Gasteiger charge is 2.17. The number of carboxylic acid groups (broad SMARTS) is 1. The zero-order chi connectivity index (χ0) is 19.4. The first-order chi connectivity index (χ1) is 13.0. The molecule has 6 nitrogen and oxygen atoms in total. The lowest BCUT2D eigenvalue weighted by Crippen LogP contribution is -2.14. The number of carboxylic acids is 1. The molecule has 0 aliphatic heterocycles. The van der Waals surface area contributed by atoms with Gasteiger partial charge in [-0.1, -0.05) is 30.3 Å². The molecule has 1 heterocycles. The van der Waals surface area contributed by atoms with Crippen LogP contribution in [0.15, 0.2) is 48.5 Å². The second-order valence-corrected chi connectivity index (χ2v) is 6.45. The van der Waals surface area contributed by atoms with Crippen LogP contribution >= 0.6 is 0 Å². The fraction of sp³-hybridized carbons (Fsp3) is 0.238. The minimum atomic E-state index is -0.907. The first-order valence-electron chi connectivity index (χ1n) is 8.74. The highest BCUT2D eigenvalue weighted by molar-refractivity contribution is 5.91. The van der Waals surface area contributed by atoms with Crippen LogP contribution in [0.3, 0.4) is 0 Å². The second kappa shape index (κ2) is 7.95. The van der Waals surface area contributed by atoms with Crippen molar-refractivity contribution < 1.29 is 19.4 Å². The third-order valence-electron chi connectivity index (χ3n) is 4.54. The van der Waals surface area contributed by atoms with Gasteiger partial charge in [-0.05, 0) is 36.2 Å². The van der Waals surface area contributed by atoms with E-state index in [0.717, 1.165) is 27.7 Å². The summed E-state index contributed by atoms with van der Waals surface area (Å²) in [7, 11) is 0. The van der Waals surface area contributed by atoms with Gasteiger partial charge < -0.3 is 20.1 Å². The molecule has 3 aromatic rings. The predicted molar refractivity (Wildman–Crippen MR) is 103 cm³/mol. The third kappa shape index (κ3) is 4.28. The van der Waals surface area contributed by atoms with Gasteiger partial charge in [-0.15, -0.1) is 0 Å². The minimum absolute atomic E-state index is 0.0692. The van der Waals surface area contributed by atoms with Crippen LogP contribution in [0.25, 0.3) is 10.9 Å². The number of rotatable bonds is 8. The lowest BCUT2D eigenvalue weighted by Gasteiger charge is -2.09. The average molecular weight is 366 g/mol. The van der Waals surface area contributed by atoms with Gasteiger partial charge in [0, 0.05) is 23.1 Å². The smallest absolute Gasteiger partial charge is 0.306 e. The molecule has 0 unspecified atom stereocenters. The molecule has 0 radical (unpaired) electrons. The monoisotopic (exact) mass is 366 g/mol. The number of benzene rings is 2. The summed E-state index contributed by atoms with van der Waals surface area (Å²) in [5.41, 5.74) is 9.45. The van der Waals surface area contributed by atoms with E-state index < -0.39 is 11.9 Å². The Morgan fingerprint density at radius 2 is 1.89 bits per heavy atom. The van der Waals surface area contributed by atoms with Crippen molar-refractivity contribution in [3.8, 4) is 5.75 Å². The van der Waals surface area contributed by atoms with Crippen molar-refractivity contribution in [2.45, 2.75) is 26.3 Å². The number of aliphatic carboxylic acids is 1. The van der Waals surface area contributed by atoms with Crippen molar-refractivity contribution in [1.29, 1.82) is 0 Å². The zero-order valence-electron chi connectivity index (χ0n) is 15.1. The topological polar surface area (TPSA) is 94.6 Å². The van der Waals surface area contributed by atoms with Crippen molar-refractivity contribution >= 4 is 22.8 Å². The highest BCUT2D eigenvalue weighted by atomic mass is 16.5. The first kappa shape index (κ1) is 18.5. The van der Waals surface area contributed by atoms with Crippen LogP contribution in [0.2, 0.25) is 0 Å². The van der Waals surface area contributed by atoms with Crippen molar-refractivity contribution in [2.75, 3.05) is 6.61 Å². The Kier molecular flexibility index (Phi) is 5.45. The van der Waals surface area contributed by atoms with E-state index in [-0.39, 0.29) is 19.4 Å². The van der Waals surface area contributed by atoms with E-state index in [1.165, 1.54) is 0 Å². The number of nitrogens with zero attached hydrogens (tertiary/aromatic N) is 1. The standard InChI is InChI=1S/C21H22N2O4/c1-14-17(12-20(22)24)18-11-16(27-10-9-21(25)26)7-8-19(18)23(14)13-15-5-3-2-4-6-15/h2-8,11H,9-10,12-13H2,1H3,(H2,22,24)(H,25,26). The Morgan fingerprint density at radius 1 is 1.15 bits per heavy atom. The molecule has 0 aliphatic carbocycles. The van der Waals surface area contributed by atoms with Gasteiger partial charge in [0.15, 0.2) is 0 Å². The van der Waals surface area contributed by atoms with E-state index in [2.05, 4.69) is 16.7 Å². The Bertz CT molecular complexity index is 977. The zero-order valence-corrected chi connectivity index (χ0v) is 15.1. The summed E-state index contributed by atoms with van der Waals surface area (Å²) >= 11 is 0. The van der Waals surface area contributed by atoms with E-state index in [9.17, 15) is 9.59 Å². The maximum Gasteiger partial charge on any atom is 0.306 e. The average Bonchev–Trinajstić information content (AvgIpc) is 2.87. The highest BCUT2D eigenvalue weighted by Crippen LogP contribution is 2.30. The molecule has 6 heteroatoms. The van der Waals surface area contributed by atoms with E-state index >= 15 is 0 Å². The van der Waals surface area contributed by atoms with E-state index in [1.54, 1.807) is 0 Å². The Morgan fingerprint density at radius 3 is 2.56 bits per heavy atom. The molecule has 0 aliphatic rings. The molecule has 0 saturated carbocycles. The first-order valence-corrected chi connectivity index (χ1v) is 8.74. The number of primary amides is 1. The van der Waals surface area contributed by atoms with Crippen LogP contribution in [0.5, 0.6) is 5.75 Å². The SMILES string of the molecule is Cc1c(CC(N)=O)c2cc(OCCC(=O)O)ccc2n1Cc1ccccc1. The van der Waals surface area contributed by atoms with Gasteiger partial charge in [0.1, 0.15) is 5.75 Å². The summed E-state index contributed by atoms with van der Waals surface area (Å²) in [6.07, 6.45) is 0.0724. The van der Waals surface area contributed by atoms with E-state index in [1.807, 2.05) is 43.3 Å². The molecule has 1 aromatic heterocycles.